The molecule has 0 aromatic heterocycles. The van der Waals surface area contributed by atoms with Gasteiger partial charge in [-0.05, 0) is 72.8 Å². The lowest BCUT2D eigenvalue weighted by Gasteiger charge is -2.24. The number of rotatable bonds is 12. The van der Waals surface area contributed by atoms with Gasteiger partial charge in [0.1, 0.15) is 11.5 Å². The van der Waals surface area contributed by atoms with Crippen LogP contribution in [0.1, 0.15) is 10.4 Å². The third kappa shape index (κ3) is 7.75. The molecular weight excluding hydrogens is 523 g/mol. The first-order valence-corrected chi connectivity index (χ1v) is 12.7. The van der Waals surface area contributed by atoms with E-state index in [2.05, 4.69) is 5.32 Å². The zero-order chi connectivity index (χ0) is 26.7. The van der Waals surface area contributed by atoms with Crippen LogP contribution in [0, 0.1) is 0 Å². The molecule has 0 unspecified atom stereocenters. The summed E-state index contributed by atoms with van der Waals surface area (Å²) in [5.41, 5.74) is 1.92. The molecule has 0 heterocycles. The number of amides is 1. The summed E-state index contributed by atoms with van der Waals surface area (Å²) in [6, 6.07) is 30.3. The van der Waals surface area contributed by atoms with Crippen LogP contribution in [-0.2, 0) is 4.79 Å². The van der Waals surface area contributed by atoms with Crippen LogP contribution in [0.25, 0.3) is 0 Å². The SMILES string of the molecule is O=C(COc1ccc(Cl)cc1)c1ccccc1NCCN(C(=O)COc1ccc(Cl)cc1)c1ccccc1. The van der Waals surface area contributed by atoms with Crippen molar-refractivity contribution in [1.82, 2.24) is 0 Å². The molecule has 0 aliphatic carbocycles. The van der Waals surface area contributed by atoms with Crippen molar-refractivity contribution in [1.29, 1.82) is 0 Å². The number of halogens is 2. The van der Waals surface area contributed by atoms with Gasteiger partial charge >= 0.3 is 0 Å². The van der Waals surface area contributed by atoms with E-state index in [1.54, 1.807) is 65.6 Å². The third-order valence-electron chi connectivity index (χ3n) is 5.61. The number of nitrogens with one attached hydrogen (secondary N) is 1. The number of anilines is 2. The molecule has 1 amide bonds. The number of ketones is 1. The molecule has 0 aliphatic rings. The van der Waals surface area contributed by atoms with E-state index in [9.17, 15) is 9.59 Å². The van der Waals surface area contributed by atoms with Crippen LogP contribution in [0.4, 0.5) is 11.4 Å². The molecule has 6 nitrogen and oxygen atoms in total. The summed E-state index contributed by atoms with van der Waals surface area (Å²) in [4.78, 5) is 27.7. The highest BCUT2D eigenvalue weighted by Crippen LogP contribution is 2.20. The van der Waals surface area contributed by atoms with Gasteiger partial charge in [-0.1, -0.05) is 53.5 Å². The quantitative estimate of drug-likeness (QED) is 0.197. The smallest absolute Gasteiger partial charge is 0.264 e. The van der Waals surface area contributed by atoms with Crippen molar-refractivity contribution in [3.05, 3.63) is 119 Å². The van der Waals surface area contributed by atoms with Gasteiger partial charge in [-0.15, -0.1) is 0 Å². The van der Waals surface area contributed by atoms with Gasteiger partial charge in [-0.3, -0.25) is 9.59 Å². The van der Waals surface area contributed by atoms with E-state index >= 15 is 0 Å². The van der Waals surface area contributed by atoms with Gasteiger partial charge in [0, 0.05) is 40.1 Å². The van der Waals surface area contributed by atoms with Crippen LogP contribution in [0.5, 0.6) is 11.5 Å². The lowest BCUT2D eigenvalue weighted by Crippen LogP contribution is -2.38. The maximum absolute atomic E-state index is 13.1. The van der Waals surface area contributed by atoms with Crippen molar-refractivity contribution in [3.63, 3.8) is 0 Å². The first kappa shape index (κ1) is 27.0. The standard InChI is InChI=1S/C30H26Cl2N2O4/c31-22-10-14-25(15-11-22)37-20-29(35)27-8-4-5-9-28(27)33-18-19-34(24-6-2-1-3-7-24)30(36)21-38-26-16-12-23(32)13-17-26/h1-17,33H,18-21H2. The van der Waals surface area contributed by atoms with E-state index in [1.807, 2.05) is 42.5 Å². The first-order chi connectivity index (χ1) is 18.5. The molecular formula is C30H26Cl2N2O4. The van der Waals surface area contributed by atoms with Gasteiger partial charge in [0.05, 0.1) is 0 Å². The predicted octanol–water partition coefficient (Wildman–Crippen LogP) is 6.78. The zero-order valence-corrected chi connectivity index (χ0v) is 22.0. The zero-order valence-electron chi connectivity index (χ0n) is 20.5. The molecule has 0 spiro atoms. The van der Waals surface area contributed by atoms with Crippen LogP contribution in [0.2, 0.25) is 10.0 Å². The molecule has 0 radical (unpaired) electrons. The number of Topliss-reactive ketones (excluding diaryl/α,β-unsaturated/α-hetero) is 1. The largest absolute Gasteiger partial charge is 0.485 e. The van der Waals surface area contributed by atoms with Gasteiger partial charge in [-0.2, -0.15) is 0 Å². The lowest BCUT2D eigenvalue weighted by molar-refractivity contribution is -0.120. The molecule has 0 bridgehead atoms. The monoisotopic (exact) mass is 548 g/mol. The molecule has 0 aliphatic heterocycles. The second-order valence-electron chi connectivity index (χ2n) is 8.26. The third-order valence-corrected chi connectivity index (χ3v) is 6.11. The molecule has 0 saturated heterocycles. The van der Waals surface area contributed by atoms with Crippen molar-refractivity contribution >= 4 is 46.3 Å². The summed E-state index contributed by atoms with van der Waals surface area (Å²) in [6.07, 6.45) is 0. The number of para-hydroxylation sites is 2. The van der Waals surface area contributed by atoms with Gasteiger partial charge in [0.2, 0.25) is 5.78 Å². The fourth-order valence-corrected chi connectivity index (χ4v) is 3.95. The Morgan fingerprint density at radius 2 is 1.24 bits per heavy atom. The Morgan fingerprint density at radius 1 is 0.684 bits per heavy atom. The topological polar surface area (TPSA) is 67.9 Å². The Morgan fingerprint density at radius 3 is 1.87 bits per heavy atom. The van der Waals surface area contributed by atoms with E-state index in [4.69, 9.17) is 32.7 Å². The molecule has 8 heteroatoms. The maximum Gasteiger partial charge on any atom is 0.264 e. The number of benzene rings is 4. The first-order valence-electron chi connectivity index (χ1n) is 12.0. The minimum Gasteiger partial charge on any atom is -0.485 e. The minimum atomic E-state index is -0.200. The van der Waals surface area contributed by atoms with E-state index < -0.39 is 0 Å². The molecule has 1 N–H and O–H groups in total. The van der Waals surface area contributed by atoms with Crippen molar-refractivity contribution in [2.75, 3.05) is 36.5 Å². The molecule has 4 aromatic rings. The summed E-state index contributed by atoms with van der Waals surface area (Å²) >= 11 is 11.8. The second kappa shape index (κ2) is 13.5. The number of hydrogen-bond acceptors (Lipinski definition) is 5. The Hall–Kier alpha value is -4.00. The molecule has 0 atom stereocenters. The summed E-state index contributed by atoms with van der Waals surface area (Å²) < 4.78 is 11.3. The Kier molecular flexibility index (Phi) is 9.62. The Bertz CT molecular complexity index is 1350. The minimum absolute atomic E-state index is 0.114. The molecule has 4 rings (SSSR count). The number of hydrogen-bond donors (Lipinski definition) is 1. The highest BCUT2D eigenvalue weighted by Gasteiger charge is 2.17. The van der Waals surface area contributed by atoms with Gasteiger partial charge in [0.15, 0.2) is 13.2 Å². The molecule has 194 valence electrons. The highest BCUT2D eigenvalue weighted by atomic mass is 35.5. The summed E-state index contributed by atoms with van der Waals surface area (Å²) in [6.45, 7) is 0.519. The molecule has 4 aromatic carbocycles. The Balaban J connectivity index is 1.38. The van der Waals surface area contributed by atoms with Crippen molar-refractivity contribution in [3.8, 4) is 11.5 Å². The molecule has 0 saturated carbocycles. The van der Waals surface area contributed by atoms with Crippen molar-refractivity contribution in [2.24, 2.45) is 0 Å². The van der Waals surface area contributed by atoms with E-state index in [-0.39, 0.29) is 24.9 Å². The van der Waals surface area contributed by atoms with Gasteiger partial charge in [-0.25, -0.2) is 0 Å². The summed E-state index contributed by atoms with van der Waals surface area (Å²) in [5, 5.41) is 4.48. The Labute approximate surface area is 231 Å². The summed E-state index contributed by atoms with van der Waals surface area (Å²) in [7, 11) is 0. The highest BCUT2D eigenvalue weighted by molar-refractivity contribution is 6.30. The van der Waals surface area contributed by atoms with Crippen LogP contribution in [0.3, 0.4) is 0 Å². The average Bonchev–Trinajstić information content (AvgIpc) is 2.95. The van der Waals surface area contributed by atoms with Crippen LogP contribution in [-0.4, -0.2) is 38.0 Å². The van der Waals surface area contributed by atoms with Gasteiger partial charge in [0.25, 0.3) is 5.91 Å². The number of carbonyl (C=O) groups excluding carboxylic acids is 2. The fourth-order valence-electron chi connectivity index (χ4n) is 3.70. The number of nitrogens with zero attached hydrogens (tertiary/aromatic N) is 1. The predicted molar refractivity (Wildman–Crippen MR) is 152 cm³/mol. The second-order valence-corrected chi connectivity index (χ2v) is 9.13. The maximum atomic E-state index is 13.1. The van der Waals surface area contributed by atoms with Gasteiger partial charge < -0.3 is 19.7 Å². The van der Waals surface area contributed by atoms with Crippen LogP contribution in [0.15, 0.2) is 103 Å². The van der Waals surface area contributed by atoms with Crippen molar-refractivity contribution < 1.29 is 19.1 Å². The van der Waals surface area contributed by atoms with E-state index in [0.717, 1.165) is 5.69 Å². The average molecular weight is 549 g/mol. The van der Waals surface area contributed by atoms with Crippen LogP contribution >= 0.6 is 23.2 Å². The normalized spacial score (nSPS) is 10.5. The number of ether oxygens (including phenoxy) is 2. The number of carbonyl (C=O) groups is 2. The van der Waals surface area contributed by atoms with Crippen LogP contribution < -0.4 is 19.7 Å². The fraction of sp³-hybridized carbons (Fsp3) is 0.133. The van der Waals surface area contributed by atoms with Crippen molar-refractivity contribution in [2.45, 2.75) is 0 Å². The summed E-state index contributed by atoms with van der Waals surface area (Å²) in [5.74, 6) is 0.747. The van der Waals surface area contributed by atoms with E-state index in [1.165, 1.54) is 0 Å². The molecule has 0 fully saturated rings. The molecule has 38 heavy (non-hydrogen) atoms. The van der Waals surface area contributed by atoms with E-state index in [0.29, 0.717) is 45.9 Å². The lowest BCUT2D eigenvalue weighted by atomic mass is 10.1.